The molecule has 27 heavy (non-hydrogen) atoms. The summed E-state index contributed by atoms with van der Waals surface area (Å²) < 4.78 is 25.9. The van der Waals surface area contributed by atoms with E-state index in [1.165, 1.54) is 19.2 Å². The Morgan fingerprint density at radius 2 is 1.44 bits per heavy atom. The number of carbonyl (C=O) groups is 2. The van der Waals surface area contributed by atoms with Crippen LogP contribution in [0.2, 0.25) is 0 Å². The van der Waals surface area contributed by atoms with E-state index < -0.39 is 28.4 Å². The molecule has 2 amide bonds. The van der Waals surface area contributed by atoms with Crippen LogP contribution in [-0.2, 0) is 14.8 Å². The second kappa shape index (κ2) is 8.32. The van der Waals surface area contributed by atoms with E-state index in [2.05, 4.69) is 10.9 Å². The molecule has 2 N–H and O–H groups in total. The second-order valence-corrected chi connectivity index (χ2v) is 8.50. The van der Waals surface area contributed by atoms with E-state index >= 15 is 0 Å². The Kier molecular flexibility index (Phi) is 6.35. The summed E-state index contributed by atoms with van der Waals surface area (Å²) in [5, 5.41) is 0. The van der Waals surface area contributed by atoms with Crippen LogP contribution in [0.15, 0.2) is 47.4 Å². The van der Waals surface area contributed by atoms with Gasteiger partial charge in [-0.1, -0.05) is 34.9 Å². The molecule has 0 radical (unpaired) electrons. The van der Waals surface area contributed by atoms with E-state index in [0.29, 0.717) is 5.56 Å². The van der Waals surface area contributed by atoms with Gasteiger partial charge in [-0.15, -0.1) is 0 Å². The van der Waals surface area contributed by atoms with Crippen LogP contribution in [0.4, 0.5) is 0 Å². The van der Waals surface area contributed by atoms with Gasteiger partial charge in [-0.2, -0.15) is 4.31 Å². The molecule has 144 valence electrons. The summed E-state index contributed by atoms with van der Waals surface area (Å²) in [7, 11) is -2.49. The number of carbonyl (C=O) groups excluding carboxylic acids is 2. The molecule has 0 aliphatic heterocycles. The van der Waals surface area contributed by atoms with Gasteiger partial charge in [0, 0.05) is 12.6 Å². The molecule has 2 aromatic rings. The topological polar surface area (TPSA) is 95.6 Å². The average Bonchev–Trinajstić information content (AvgIpc) is 2.59. The predicted octanol–water partition coefficient (Wildman–Crippen LogP) is 1.69. The molecule has 0 bridgehead atoms. The van der Waals surface area contributed by atoms with Gasteiger partial charge in [-0.3, -0.25) is 20.4 Å². The first-order valence-corrected chi connectivity index (χ1v) is 9.74. The zero-order chi connectivity index (χ0) is 20.2. The van der Waals surface area contributed by atoms with Crippen LogP contribution in [0.5, 0.6) is 0 Å². The molecule has 0 saturated heterocycles. The fraction of sp³-hybridized carbons (Fsp3) is 0.263. The summed E-state index contributed by atoms with van der Waals surface area (Å²) in [6.45, 7) is 5.16. The molecular weight excluding hydrogens is 366 g/mol. The largest absolute Gasteiger partial charge is 0.272 e. The Morgan fingerprint density at radius 3 is 2.00 bits per heavy atom. The maximum atomic E-state index is 12.5. The molecule has 8 heteroatoms. The van der Waals surface area contributed by atoms with E-state index in [1.54, 1.807) is 24.3 Å². The second-order valence-electron chi connectivity index (χ2n) is 6.45. The van der Waals surface area contributed by atoms with Crippen molar-refractivity contribution in [2.75, 3.05) is 13.6 Å². The van der Waals surface area contributed by atoms with Gasteiger partial charge in [0.25, 0.3) is 11.8 Å². The minimum Gasteiger partial charge on any atom is -0.272 e. The van der Waals surface area contributed by atoms with Crippen molar-refractivity contribution in [3.8, 4) is 0 Å². The van der Waals surface area contributed by atoms with Gasteiger partial charge in [0.1, 0.15) is 0 Å². The van der Waals surface area contributed by atoms with E-state index in [0.717, 1.165) is 21.0 Å². The van der Waals surface area contributed by atoms with Crippen LogP contribution in [0.3, 0.4) is 0 Å². The number of rotatable bonds is 5. The van der Waals surface area contributed by atoms with E-state index in [9.17, 15) is 18.0 Å². The van der Waals surface area contributed by atoms with E-state index in [1.807, 2.05) is 26.8 Å². The van der Waals surface area contributed by atoms with Gasteiger partial charge in [0.05, 0.1) is 11.4 Å². The number of hydrogen-bond acceptors (Lipinski definition) is 4. The number of hydrazine groups is 1. The highest BCUT2D eigenvalue weighted by molar-refractivity contribution is 7.89. The summed E-state index contributed by atoms with van der Waals surface area (Å²) in [5.74, 6) is -1.12. The Labute approximate surface area is 159 Å². The van der Waals surface area contributed by atoms with Crippen LogP contribution in [0.25, 0.3) is 0 Å². The summed E-state index contributed by atoms with van der Waals surface area (Å²) in [4.78, 5) is 24.3. The maximum Gasteiger partial charge on any atom is 0.269 e. The number of amides is 2. The van der Waals surface area contributed by atoms with Crippen molar-refractivity contribution in [2.24, 2.45) is 0 Å². The zero-order valence-corrected chi connectivity index (χ0v) is 16.6. The van der Waals surface area contributed by atoms with Gasteiger partial charge in [0.2, 0.25) is 10.0 Å². The highest BCUT2D eigenvalue weighted by Gasteiger charge is 2.23. The molecule has 0 saturated carbocycles. The van der Waals surface area contributed by atoms with Crippen LogP contribution < -0.4 is 10.9 Å². The molecule has 0 aromatic heterocycles. The Hall–Kier alpha value is -2.71. The van der Waals surface area contributed by atoms with Gasteiger partial charge < -0.3 is 0 Å². The number of aryl methyl sites for hydroxylation is 3. The van der Waals surface area contributed by atoms with Crippen molar-refractivity contribution >= 4 is 21.8 Å². The third kappa shape index (κ3) is 5.38. The lowest BCUT2D eigenvalue weighted by atomic mass is 10.1. The third-order valence-electron chi connectivity index (χ3n) is 3.89. The van der Waals surface area contributed by atoms with Crippen LogP contribution in [0.1, 0.15) is 27.0 Å². The molecule has 2 rings (SSSR count). The molecule has 0 aliphatic carbocycles. The number of nitrogens with zero attached hydrogens (tertiary/aromatic N) is 1. The lowest BCUT2D eigenvalue weighted by Crippen LogP contribution is -2.46. The fourth-order valence-corrected chi connectivity index (χ4v) is 3.65. The van der Waals surface area contributed by atoms with Crippen molar-refractivity contribution < 1.29 is 18.0 Å². The molecule has 0 spiro atoms. The van der Waals surface area contributed by atoms with Crippen LogP contribution >= 0.6 is 0 Å². The molecule has 0 atom stereocenters. The maximum absolute atomic E-state index is 12.5. The SMILES string of the molecule is Cc1ccc(S(=O)(=O)N(C)CC(=O)NNC(=O)c2cc(C)cc(C)c2)cc1. The summed E-state index contributed by atoms with van der Waals surface area (Å²) >= 11 is 0. The summed E-state index contributed by atoms with van der Waals surface area (Å²) in [6.07, 6.45) is 0. The predicted molar refractivity (Wildman–Crippen MR) is 103 cm³/mol. The number of sulfonamides is 1. The normalized spacial score (nSPS) is 11.3. The molecule has 0 heterocycles. The van der Waals surface area contributed by atoms with Crippen molar-refractivity contribution in [1.82, 2.24) is 15.2 Å². The lowest BCUT2D eigenvalue weighted by Gasteiger charge is -2.17. The van der Waals surface area contributed by atoms with Crippen molar-refractivity contribution in [2.45, 2.75) is 25.7 Å². The van der Waals surface area contributed by atoms with Crippen molar-refractivity contribution in [3.63, 3.8) is 0 Å². The first-order valence-electron chi connectivity index (χ1n) is 8.30. The van der Waals surface area contributed by atoms with Crippen LogP contribution in [-0.4, -0.2) is 38.1 Å². The van der Waals surface area contributed by atoms with Crippen molar-refractivity contribution in [1.29, 1.82) is 0 Å². The molecule has 2 aromatic carbocycles. The summed E-state index contributed by atoms with van der Waals surface area (Å²) in [6, 6.07) is 11.7. The molecule has 0 aliphatic rings. The lowest BCUT2D eigenvalue weighted by molar-refractivity contribution is -0.121. The molecule has 0 fully saturated rings. The average molecular weight is 389 g/mol. The Balaban J connectivity index is 1.96. The number of nitrogens with one attached hydrogen (secondary N) is 2. The van der Waals surface area contributed by atoms with Gasteiger partial charge >= 0.3 is 0 Å². The monoisotopic (exact) mass is 389 g/mol. The van der Waals surface area contributed by atoms with Crippen molar-refractivity contribution in [3.05, 3.63) is 64.7 Å². The molecule has 0 unspecified atom stereocenters. The number of likely N-dealkylation sites (N-methyl/N-ethyl adjacent to an activating group) is 1. The van der Waals surface area contributed by atoms with E-state index in [4.69, 9.17) is 0 Å². The smallest absolute Gasteiger partial charge is 0.269 e. The summed E-state index contributed by atoms with van der Waals surface area (Å²) in [5.41, 5.74) is 7.73. The van der Waals surface area contributed by atoms with E-state index in [-0.39, 0.29) is 4.90 Å². The highest BCUT2D eigenvalue weighted by atomic mass is 32.2. The quantitative estimate of drug-likeness (QED) is 0.761. The molecular formula is C19H23N3O4S. The van der Waals surface area contributed by atoms with Gasteiger partial charge in [-0.25, -0.2) is 8.42 Å². The minimum absolute atomic E-state index is 0.0997. The number of hydrogen-bond donors (Lipinski definition) is 2. The fourth-order valence-electron chi connectivity index (χ4n) is 2.52. The first kappa shape index (κ1) is 20.6. The number of benzene rings is 2. The Bertz CT molecular complexity index is 933. The third-order valence-corrected chi connectivity index (χ3v) is 5.71. The van der Waals surface area contributed by atoms with Gasteiger partial charge in [-0.05, 0) is 45.0 Å². The molecule has 7 nitrogen and oxygen atoms in total. The Morgan fingerprint density at radius 1 is 0.889 bits per heavy atom. The zero-order valence-electron chi connectivity index (χ0n) is 15.7. The highest BCUT2D eigenvalue weighted by Crippen LogP contribution is 2.14. The van der Waals surface area contributed by atoms with Gasteiger partial charge in [0.15, 0.2) is 0 Å². The van der Waals surface area contributed by atoms with Crippen LogP contribution in [0, 0.1) is 20.8 Å². The standard InChI is InChI=1S/C19H23N3O4S/c1-13-5-7-17(8-6-13)27(25,26)22(4)12-18(23)20-21-19(24)16-10-14(2)9-15(3)11-16/h5-11H,12H2,1-4H3,(H,20,23)(H,21,24). The minimum atomic E-state index is -3.79. The first-order chi connectivity index (χ1) is 12.6.